The standard InChI is InChI=1S/C18H30N2O2/c1-4-21-17-9-8-16(15-18(17)22-5-2)7-6-10-20-13-11-19(3)12-14-20/h8-9,15H,4-7,10-14H2,1-3H3. The van der Waals surface area contributed by atoms with E-state index in [0.29, 0.717) is 13.2 Å². The highest BCUT2D eigenvalue weighted by Gasteiger charge is 2.13. The van der Waals surface area contributed by atoms with Crippen molar-refractivity contribution in [2.24, 2.45) is 0 Å². The number of aryl methyl sites for hydroxylation is 1. The number of hydrogen-bond acceptors (Lipinski definition) is 4. The zero-order valence-corrected chi connectivity index (χ0v) is 14.3. The van der Waals surface area contributed by atoms with Gasteiger partial charge in [-0.15, -0.1) is 0 Å². The van der Waals surface area contributed by atoms with Crippen LogP contribution in [0.2, 0.25) is 0 Å². The lowest BCUT2D eigenvalue weighted by Crippen LogP contribution is -2.44. The molecule has 2 rings (SSSR count). The van der Waals surface area contributed by atoms with Crippen LogP contribution in [0.5, 0.6) is 11.5 Å². The van der Waals surface area contributed by atoms with Gasteiger partial charge in [0.25, 0.3) is 0 Å². The molecule has 0 saturated carbocycles. The number of likely N-dealkylation sites (N-methyl/N-ethyl adjacent to an activating group) is 1. The number of rotatable bonds is 8. The van der Waals surface area contributed by atoms with Gasteiger partial charge in [-0.25, -0.2) is 0 Å². The molecule has 0 unspecified atom stereocenters. The van der Waals surface area contributed by atoms with E-state index in [1.807, 2.05) is 19.9 Å². The Morgan fingerprint density at radius 2 is 1.64 bits per heavy atom. The molecule has 0 aromatic heterocycles. The van der Waals surface area contributed by atoms with E-state index in [4.69, 9.17) is 9.47 Å². The molecule has 0 N–H and O–H groups in total. The molecule has 4 nitrogen and oxygen atoms in total. The van der Waals surface area contributed by atoms with Crippen molar-refractivity contribution in [3.63, 3.8) is 0 Å². The van der Waals surface area contributed by atoms with E-state index in [0.717, 1.165) is 17.9 Å². The van der Waals surface area contributed by atoms with Gasteiger partial charge in [-0.3, -0.25) is 0 Å². The largest absolute Gasteiger partial charge is 0.490 e. The van der Waals surface area contributed by atoms with Crippen molar-refractivity contribution in [2.45, 2.75) is 26.7 Å². The Hall–Kier alpha value is -1.26. The Labute approximate surface area is 135 Å². The topological polar surface area (TPSA) is 24.9 Å². The van der Waals surface area contributed by atoms with Crippen molar-refractivity contribution >= 4 is 0 Å². The van der Waals surface area contributed by atoms with Gasteiger partial charge in [0.15, 0.2) is 11.5 Å². The fraction of sp³-hybridized carbons (Fsp3) is 0.667. The number of piperazine rings is 1. The number of ether oxygens (including phenoxy) is 2. The van der Waals surface area contributed by atoms with Gasteiger partial charge >= 0.3 is 0 Å². The summed E-state index contributed by atoms with van der Waals surface area (Å²) in [4.78, 5) is 4.97. The highest BCUT2D eigenvalue weighted by atomic mass is 16.5. The summed E-state index contributed by atoms with van der Waals surface area (Å²) in [7, 11) is 2.20. The Bertz CT molecular complexity index is 443. The third-order valence-electron chi connectivity index (χ3n) is 4.14. The van der Waals surface area contributed by atoms with Gasteiger partial charge in [-0.2, -0.15) is 0 Å². The predicted molar refractivity (Wildman–Crippen MR) is 91.0 cm³/mol. The molecule has 124 valence electrons. The average molecular weight is 306 g/mol. The monoisotopic (exact) mass is 306 g/mol. The minimum atomic E-state index is 0.669. The summed E-state index contributed by atoms with van der Waals surface area (Å²) in [5.41, 5.74) is 1.33. The molecule has 1 aromatic carbocycles. The number of nitrogens with zero attached hydrogens (tertiary/aromatic N) is 2. The van der Waals surface area contributed by atoms with E-state index in [-0.39, 0.29) is 0 Å². The van der Waals surface area contributed by atoms with Crippen LogP contribution in [0.1, 0.15) is 25.8 Å². The maximum atomic E-state index is 5.70. The van der Waals surface area contributed by atoms with Crippen LogP contribution in [0.3, 0.4) is 0 Å². The van der Waals surface area contributed by atoms with Crippen LogP contribution in [-0.4, -0.2) is 62.8 Å². The summed E-state index contributed by atoms with van der Waals surface area (Å²) in [6, 6.07) is 6.34. The second-order valence-corrected chi connectivity index (χ2v) is 5.90. The van der Waals surface area contributed by atoms with Crippen LogP contribution >= 0.6 is 0 Å². The van der Waals surface area contributed by atoms with Crippen LogP contribution in [-0.2, 0) is 6.42 Å². The van der Waals surface area contributed by atoms with E-state index in [1.165, 1.54) is 44.7 Å². The van der Waals surface area contributed by atoms with Crippen molar-refractivity contribution in [1.82, 2.24) is 9.80 Å². The lowest BCUT2D eigenvalue weighted by Gasteiger charge is -2.32. The van der Waals surface area contributed by atoms with Crippen molar-refractivity contribution < 1.29 is 9.47 Å². The van der Waals surface area contributed by atoms with E-state index in [2.05, 4.69) is 29.0 Å². The average Bonchev–Trinajstić information content (AvgIpc) is 2.52. The fourth-order valence-corrected chi connectivity index (χ4v) is 2.83. The normalized spacial score (nSPS) is 16.7. The molecular weight excluding hydrogens is 276 g/mol. The molecule has 22 heavy (non-hydrogen) atoms. The van der Waals surface area contributed by atoms with E-state index in [1.54, 1.807) is 0 Å². The molecule has 0 bridgehead atoms. The van der Waals surface area contributed by atoms with Crippen LogP contribution in [0.25, 0.3) is 0 Å². The van der Waals surface area contributed by atoms with Crippen LogP contribution in [0.4, 0.5) is 0 Å². The first kappa shape index (κ1) is 17.1. The smallest absolute Gasteiger partial charge is 0.161 e. The van der Waals surface area contributed by atoms with Crippen LogP contribution < -0.4 is 9.47 Å². The van der Waals surface area contributed by atoms with Crippen molar-refractivity contribution in [3.05, 3.63) is 23.8 Å². The number of hydrogen-bond donors (Lipinski definition) is 0. The van der Waals surface area contributed by atoms with Gasteiger partial charge in [0.05, 0.1) is 13.2 Å². The lowest BCUT2D eigenvalue weighted by molar-refractivity contribution is 0.153. The van der Waals surface area contributed by atoms with Gasteiger partial charge < -0.3 is 19.3 Å². The molecule has 1 aromatic rings. The highest BCUT2D eigenvalue weighted by molar-refractivity contribution is 5.43. The zero-order valence-electron chi connectivity index (χ0n) is 14.3. The summed E-state index contributed by atoms with van der Waals surface area (Å²) < 4.78 is 11.3. The Morgan fingerprint density at radius 1 is 0.955 bits per heavy atom. The van der Waals surface area contributed by atoms with Crippen LogP contribution in [0.15, 0.2) is 18.2 Å². The summed E-state index contributed by atoms with van der Waals surface area (Å²) in [5, 5.41) is 0. The maximum absolute atomic E-state index is 5.70. The number of benzene rings is 1. The molecule has 0 amide bonds. The lowest BCUT2D eigenvalue weighted by atomic mass is 10.1. The third kappa shape index (κ3) is 5.18. The Kier molecular flexibility index (Phi) is 7.00. The second kappa shape index (κ2) is 9.01. The molecule has 0 spiro atoms. The molecule has 0 atom stereocenters. The SMILES string of the molecule is CCOc1ccc(CCCN2CCN(C)CC2)cc1OCC. The predicted octanol–water partition coefficient (Wildman–Crippen LogP) is 2.66. The summed E-state index contributed by atoms with van der Waals surface area (Å²) >= 11 is 0. The summed E-state index contributed by atoms with van der Waals surface area (Å²) in [5.74, 6) is 1.73. The Balaban J connectivity index is 1.83. The van der Waals surface area contributed by atoms with Gasteiger partial charge in [0.1, 0.15) is 0 Å². The molecule has 1 aliphatic heterocycles. The zero-order chi connectivity index (χ0) is 15.8. The maximum Gasteiger partial charge on any atom is 0.161 e. The quantitative estimate of drug-likeness (QED) is 0.737. The molecule has 1 fully saturated rings. The molecule has 1 saturated heterocycles. The third-order valence-corrected chi connectivity index (χ3v) is 4.14. The molecular formula is C18H30N2O2. The molecule has 0 radical (unpaired) electrons. The second-order valence-electron chi connectivity index (χ2n) is 5.90. The molecule has 1 heterocycles. The van der Waals surface area contributed by atoms with E-state index >= 15 is 0 Å². The van der Waals surface area contributed by atoms with E-state index < -0.39 is 0 Å². The first-order chi connectivity index (χ1) is 10.7. The van der Waals surface area contributed by atoms with Gasteiger partial charge in [0, 0.05) is 26.2 Å². The minimum Gasteiger partial charge on any atom is -0.490 e. The summed E-state index contributed by atoms with van der Waals surface area (Å²) in [6.45, 7) is 11.3. The highest BCUT2D eigenvalue weighted by Crippen LogP contribution is 2.29. The minimum absolute atomic E-state index is 0.669. The van der Waals surface area contributed by atoms with E-state index in [9.17, 15) is 0 Å². The van der Waals surface area contributed by atoms with Gasteiger partial charge in [-0.1, -0.05) is 6.07 Å². The molecule has 1 aliphatic rings. The van der Waals surface area contributed by atoms with Crippen LogP contribution in [0, 0.1) is 0 Å². The van der Waals surface area contributed by atoms with Gasteiger partial charge in [0.2, 0.25) is 0 Å². The Morgan fingerprint density at radius 3 is 2.32 bits per heavy atom. The first-order valence-electron chi connectivity index (χ1n) is 8.52. The van der Waals surface area contributed by atoms with Crippen molar-refractivity contribution in [3.8, 4) is 11.5 Å². The molecule has 4 heteroatoms. The van der Waals surface area contributed by atoms with Gasteiger partial charge in [-0.05, 0) is 58.0 Å². The fourth-order valence-electron chi connectivity index (χ4n) is 2.83. The first-order valence-corrected chi connectivity index (χ1v) is 8.52. The molecule has 0 aliphatic carbocycles. The van der Waals surface area contributed by atoms with Crippen molar-refractivity contribution in [1.29, 1.82) is 0 Å². The van der Waals surface area contributed by atoms with Crippen molar-refractivity contribution in [2.75, 3.05) is 53.0 Å². The summed E-state index contributed by atoms with van der Waals surface area (Å²) in [6.07, 6.45) is 2.29.